The second-order valence-electron chi connectivity index (χ2n) is 8.43. The van der Waals surface area contributed by atoms with E-state index in [4.69, 9.17) is 16.3 Å². The first-order valence-corrected chi connectivity index (χ1v) is 11.6. The van der Waals surface area contributed by atoms with Crippen molar-refractivity contribution in [3.05, 3.63) is 74.4 Å². The molecule has 0 bridgehead atoms. The van der Waals surface area contributed by atoms with Crippen LogP contribution in [0.5, 0.6) is 5.75 Å². The van der Waals surface area contributed by atoms with Crippen LogP contribution in [0, 0.1) is 21.4 Å². The van der Waals surface area contributed by atoms with Crippen LogP contribution in [0.3, 0.4) is 0 Å². The molecule has 0 amide bonds. The largest absolute Gasteiger partial charge is 0.497 e. The Labute approximate surface area is 203 Å². The summed E-state index contributed by atoms with van der Waals surface area (Å²) in [4.78, 5) is 17.5. The number of ether oxygens (including phenoxy) is 1. The van der Waals surface area contributed by atoms with E-state index in [1.807, 2.05) is 24.3 Å². The number of likely N-dealkylation sites (tertiary alicyclic amines) is 1. The van der Waals surface area contributed by atoms with Gasteiger partial charge in [0.05, 0.1) is 23.1 Å². The van der Waals surface area contributed by atoms with E-state index in [2.05, 4.69) is 21.3 Å². The minimum absolute atomic E-state index is 0.0613. The monoisotopic (exact) mass is 479 g/mol. The van der Waals surface area contributed by atoms with Gasteiger partial charge in [0.25, 0.3) is 5.69 Å². The number of nitrogens with one attached hydrogen (secondary N) is 1. The lowest BCUT2D eigenvalue weighted by Crippen LogP contribution is -2.42. The van der Waals surface area contributed by atoms with Gasteiger partial charge in [0.1, 0.15) is 16.8 Å². The maximum atomic E-state index is 11.1. The van der Waals surface area contributed by atoms with E-state index in [9.17, 15) is 15.4 Å². The molecule has 2 heterocycles. The van der Waals surface area contributed by atoms with E-state index in [1.165, 1.54) is 6.07 Å². The van der Waals surface area contributed by atoms with Crippen molar-refractivity contribution < 1.29 is 9.66 Å². The Bertz CT molecular complexity index is 1240. The summed E-state index contributed by atoms with van der Waals surface area (Å²) in [5.74, 6) is 0.753. The van der Waals surface area contributed by atoms with Crippen molar-refractivity contribution >= 4 is 28.2 Å². The zero-order chi connectivity index (χ0) is 24.1. The van der Waals surface area contributed by atoms with E-state index in [-0.39, 0.29) is 10.7 Å². The molecule has 0 unspecified atom stereocenters. The molecule has 0 spiro atoms. The van der Waals surface area contributed by atoms with E-state index in [1.54, 1.807) is 19.4 Å². The topological polar surface area (TPSA) is 104 Å². The van der Waals surface area contributed by atoms with Gasteiger partial charge in [-0.1, -0.05) is 17.7 Å². The molecule has 0 atom stereocenters. The minimum Gasteiger partial charge on any atom is -0.497 e. The average molecular weight is 480 g/mol. The van der Waals surface area contributed by atoms with Gasteiger partial charge in [0.2, 0.25) is 0 Å². The molecule has 0 radical (unpaired) electrons. The summed E-state index contributed by atoms with van der Waals surface area (Å²) >= 11 is 5.90. The summed E-state index contributed by atoms with van der Waals surface area (Å²) in [6.07, 6.45) is 4.40. The number of nitro groups is 1. The number of hydrogen-bond acceptors (Lipinski definition) is 7. The van der Waals surface area contributed by atoms with E-state index >= 15 is 0 Å². The number of halogens is 1. The highest BCUT2D eigenvalue weighted by molar-refractivity contribution is 6.32. The normalized spacial score (nSPS) is 14.7. The van der Waals surface area contributed by atoms with Crippen molar-refractivity contribution in [2.75, 3.05) is 26.7 Å². The number of methoxy groups -OCH3 is 1. The Morgan fingerprint density at radius 3 is 2.79 bits per heavy atom. The highest BCUT2D eigenvalue weighted by atomic mass is 35.5. The molecular weight excluding hydrogens is 454 g/mol. The van der Waals surface area contributed by atoms with Gasteiger partial charge in [0, 0.05) is 36.8 Å². The van der Waals surface area contributed by atoms with E-state index in [0.29, 0.717) is 18.2 Å². The second-order valence-corrected chi connectivity index (χ2v) is 8.84. The molecule has 1 aromatic heterocycles. The smallest absolute Gasteiger partial charge is 0.288 e. The highest BCUT2D eigenvalue weighted by Gasteiger charge is 2.20. The molecule has 0 saturated carbocycles. The van der Waals surface area contributed by atoms with Gasteiger partial charge in [-0.3, -0.25) is 15.1 Å². The van der Waals surface area contributed by atoms with Gasteiger partial charge >= 0.3 is 0 Å². The van der Waals surface area contributed by atoms with Gasteiger partial charge in [-0.2, -0.15) is 5.26 Å². The average Bonchev–Trinajstić information content (AvgIpc) is 2.86. The number of rotatable bonds is 8. The molecule has 34 heavy (non-hydrogen) atoms. The predicted octanol–water partition coefficient (Wildman–Crippen LogP) is 4.47. The molecule has 1 fully saturated rings. The van der Waals surface area contributed by atoms with Crippen molar-refractivity contribution in [1.29, 1.82) is 5.26 Å². The Morgan fingerprint density at radius 1 is 1.29 bits per heavy atom. The van der Waals surface area contributed by atoms with Gasteiger partial charge in [0.15, 0.2) is 0 Å². The fourth-order valence-electron chi connectivity index (χ4n) is 4.42. The molecule has 0 aliphatic carbocycles. The molecule has 2 aromatic carbocycles. The van der Waals surface area contributed by atoms with Crippen LogP contribution < -0.4 is 10.1 Å². The minimum atomic E-state index is -0.454. The van der Waals surface area contributed by atoms with Crippen LogP contribution in [0.4, 0.5) is 5.69 Å². The quantitative estimate of drug-likeness (QED) is 0.375. The number of benzene rings is 2. The second kappa shape index (κ2) is 10.8. The molecule has 176 valence electrons. The lowest BCUT2D eigenvalue weighted by atomic mass is 9.99. The Morgan fingerprint density at radius 2 is 2.09 bits per heavy atom. The molecule has 1 N–H and O–H groups in total. The Balaban J connectivity index is 1.33. The van der Waals surface area contributed by atoms with Gasteiger partial charge in [-0.05, 0) is 67.7 Å². The van der Waals surface area contributed by atoms with Crippen molar-refractivity contribution in [3.8, 4) is 11.8 Å². The predicted molar refractivity (Wildman–Crippen MR) is 131 cm³/mol. The zero-order valence-corrected chi connectivity index (χ0v) is 19.7. The van der Waals surface area contributed by atoms with Crippen LogP contribution in [0.25, 0.3) is 10.9 Å². The molecule has 8 nitrogen and oxygen atoms in total. The van der Waals surface area contributed by atoms with Crippen molar-refractivity contribution in [3.63, 3.8) is 0 Å². The van der Waals surface area contributed by atoms with Crippen molar-refractivity contribution in [2.24, 2.45) is 0 Å². The SMILES string of the molecule is COc1ccc2ncc(C#N)c(CCN3CCC(NCc4ccc(Cl)c([N+](=O)[O-])c4)CC3)c2c1. The number of aromatic nitrogens is 1. The van der Waals surface area contributed by atoms with Crippen molar-refractivity contribution in [2.45, 2.75) is 31.8 Å². The third kappa shape index (κ3) is 5.45. The standard InChI is InChI=1S/C25H26ClN5O3/c1-34-20-3-5-24-22(13-20)21(18(14-27)16-29-24)8-11-30-9-6-19(7-10-30)28-15-17-2-4-23(26)25(12-17)31(32)33/h2-5,12-13,16,19,28H,6-11,15H2,1H3. The fourth-order valence-corrected chi connectivity index (χ4v) is 4.61. The number of nitriles is 1. The third-order valence-corrected chi connectivity index (χ3v) is 6.69. The number of hydrogen-bond donors (Lipinski definition) is 1. The molecule has 1 aliphatic rings. The van der Waals surface area contributed by atoms with E-state index in [0.717, 1.165) is 66.7 Å². The van der Waals surface area contributed by atoms with Crippen LogP contribution in [-0.2, 0) is 13.0 Å². The molecule has 9 heteroatoms. The lowest BCUT2D eigenvalue weighted by Gasteiger charge is -2.32. The number of pyridine rings is 1. The number of fused-ring (bicyclic) bond motifs is 1. The van der Waals surface area contributed by atoms with Gasteiger partial charge in [-0.25, -0.2) is 0 Å². The maximum Gasteiger partial charge on any atom is 0.288 e. The van der Waals surface area contributed by atoms with Crippen LogP contribution in [0.2, 0.25) is 5.02 Å². The zero-order valence-electron chi connectivity index (χ0n) is 19.0. The Hall–Kier alpha value is -3.25. The highest BCUT2D eigenvalue weighted by Crippen LogP contribution is 2.27. The summed E-state index contributed by atoms with van der Waals surface area (Å²) in [5, 5.41) is 25.3. The van der Waals surface area contributed by atoms with Crippen LogP contribution in [-0.4, -0.2) is 47.6 Å². The summed E-state index contributed by atoms with van der Waals surface area (Å²) < 4.78 is 5.37. The number of nitrogens with zero attached hydrogens (tertiary/aromatic N) is 4. The first kappa shape index (κ1) is 23.9. The lowest BCUT2D eigenvalue weighted by molar-refractivity contribution is -0.384. The maximum absolute atomic E-state index is 11.1. The summed E-state index contributed by atoms with van der Waals surface area (Å²) in [5.41, 5.74) is 3.27. The molecular formula is C25H26ClN5O3. The molecule has 3 aromatic rings. The first-order valence-electron chi connectivity index (χ1n) is 11.2. The number of nitro benzene ring substituents is 1. The fraction of sp³-hybridized carbons (Fsp3) is 0.360. The summed E-state index contributed by atoms with van der Waals surface area (Å²) in [7, 11) is 1.63. The molecule has 4 rings (SSSR count). The van der Waals surface area contributed by atoms with Crippen LogP contribution in [0.1, 0.15) is 29.5 Å². The van der Waals surface area contributed by atoms with Gasteiger partial charge in [-0.15, -0.1) is 0 Å². The Kier molecular flexibility index (Phi) is 7.58. The molecule has 1 saturated heterocycles. The summed E-state index contributed by atoms with van der Waals surface area (Å²) in [6.45, 7) is 3.33. The van der Waals surface area contributed by atoms with E-state index < -0.39 is 4.92 Å². The first-order chi connectivity index (χ1) is 16.5. The summed E-state index contributed by atoms with van der Waals surface area (Å²) in [6, 6.07) is 13.3. The molecule has 1 aliphatic heterocycles. The third-order valence-electron chi connectivity index (χ3n) is 6.37. The van der Waals surface area contributed by atoms with Crippen molar-refractivity contribution in [1.82, 2.24) is 15.2 Å². The van der Waals surface area contributed by atoms with Crippen LogP contribution >= 0.6 is 11.6 Å². The van der Waals surface area contributed by atoms with Gasteiger partial charge < -0.3 is 15.0 Å². The van der Waals surface area contributed by atoms with Crippen LogP contribution in [0.15, 0.2) is 42.6 Å². The number of piperidine rings is 1.